The molecule has 2 aromatic carbocycles. The molecular formula is C45H56N10O5. The minimum Gasteiger partial charge on any atom is -0.479 e. The molecule has 0 radical (unpaired) electrons. The van der Waals surface area contributed by atoms with E-state index in [1.165, 1.54) is 5.69 Å². The number of carbonyl (C=O) groups excluding carboxylic acids is 3. The zero-order chi connectivity index (χ0) is 41.6. The van der Waals surface area contributed by atoms with Gasteiger partial charge in [0.05, 0.1) is 37.2 Å². The second kappa shape index (κ2) is 18.6. The summed E-state index contributed by atoms with van der Waals surface area (Å²) in [5.41, 5.74) is 6.11. The van der Waals surface area contributed by atoms with Crippen molar-refractivity contribution in [2.75, 3.05) is 74.0 Å². The van der Waals surface area contributed by atoms with Gasteiger partial charge >= 0.3 is 6.03 Å². The summed E-state index contributed by atoms with van der Waals surface area (Å²) >= 11 is 0. The number of hydrogen-bond donors (Lipinski definition) is 3. The van der Waals surface area contributed by atoms with Crippen LogP contribution in [0.1, 0.15) is 50.7 Å². The Kier molecular flexibility index (Phi) is 12.7. The van der Waals surface area contributed by atoms with Crippen molar-refractivity contribution in [2.24, 2.45) is 5.92 Å². The minimum absolute atomic E-state index is 0.0635. The highest BCUT2D eigenvalue weighted by molar-refractivity contribution is 5.99. The van der Waals surface area contributed by atoms with Crippen molar-refractivity contribution in [1.29, 1.82) is 0 Å². The number of piperidine rings is 2. The molecular weight excluding hydrogens is 761 g/mol. The molecule has 3 N–H and O–H groups in total. The highest BCUT2D eigenvalue weighted by Gasteiger charge is 2.32. The second-order valence-electron chi connectivity index (χ2n) is 16.6. The summed E-state index contributed by atoms with van der Waals surface area (Å²) in [6.07, 6.45) is 5.99. The van der Waals surface area contributed by atoms with E-state index in [1.807, 2.05) is 38.1 Å². The van der Waals surface area contributed by atoms with Crippen LogP contribution in [0.5, 0.6) is 5.75 Å². The van der Waals surface area contributed by atoms with Crippen molar-refractivity contribution in [1.82, 2.24) is 35.4 Å². The Morgan fingerprint density at radius 1 is 0.900 bits per heavy atom. The van der Waals surface area contributed by atoms with Gasteiger partial charge in [0.1, 0.15) is 11.6 Å². The SMILES string of the molecule is Cc1cc(-c2ccnc(Nc3ccc(N4CCN(CC5CCN(c6ccc(OC7CCC(=O)NC7=O)cn6)CC5)CC4)cc3)n2)ccc1CNC(=O)N1CC(OC(C)C)C1. The number of ether oxygens (including phenoxy) is 2. The summed E-state index contributed by atoms with van der Waals surface area (Å²) in [4.78, 5) is 59.1. The van der Waals surface area contributed by atoms with Crippen molar-refractivity contribution in [2.45, 2.75) is 71.3 Å². The van der Waals surface area contributed by atoms with Gasteiger partial charge in [0.25, 0.3) is 5.91 Å². The highest BCUT2D eigenvalue weighted by Crippen LogP contribution is 2.28. The van der Waals surface area contributed by atoms with Crippen LogP contribution in [0.4, 0.5) is 27.9 Å². The monoisotopic (exact) mass is 816 g/mol. The first-order valence-corrected chi connectivity index (χ1v) is 21.3. The molecule has 60 heavy (non-hydrogen) atoms. The maximum Gasteiger partial charge on any atom is 0.317 e. The summed E-state index contributed by atoms with van der Waals surface area (Å²) in [7, 11) is 0. The summed E-state index contributed by atoms with van der Waals surface area (Å²) in [5, 5.41) is 8.75. The van der Waals surface area contributed by atoms with Gasteiger partial charge in [-0.2, -0.15) is 0 Å². The van der Waals surface area contributed by atoms with Gasteiger partial charge < -0.3 is 34.8 Å². The molecule has 1 atom stereocenters. The molecule has 0 saturated carbocycles. The fourth-order valence-corrected chi connectivity index (χ4v) is 8.35. The summed E-state index contributed by atoms with van der Waals surface area (Å²) in [6.45, 7) is 14.9. The van der Waals surface area contributed by atoms with Crippen LogP contribution in [0.2, 0.25) is 0 Å². The lowest BCUT2D eigenvalue weighted by atomic mass is 9.96. The zero-order valence-corrected chi connectivity index (χ0v) is 34.8. The number of nitrogens with one attached hydrogen (secondary N) is 3. The molecule has 4 amide bonds. The minimum atomic E-state index is -0.659. The maximum absolute atomic E-state index is 12.6. The summed E-state index contributed by atoms with van der Waals surface area (Å²) in [6, 6.07) is 20.4. The van der Waals surface area contributed by atoms with Crippen molar-refractivity contribution < 1.29 is 23.9 Å². The molecule has 1 unspecified atom stereocenters. The highest BCUT2D eigenvalue weighted by atomic mass is 16.5. The molecule has 8 rings (SSSR count). The number of imide groups is 1. The Morgan fingerprint density at radius 2 is 1.68 bits per heavy atom. The quantitative estimate of drug-likeness (QED) is 0.153. The fourth-order valence-electron chi connectivity index (χ4n) is 8.35. The first-order chi connectivity index (χ1) is 29.1. The molecule has 0 aliphatic carbocycles. The third-order valence-corrected chi connectivity index (χ3v) is 11.8. The average Bonchev–Trinajstić information content (AvgIpc) is 3.24. The summed E-state index contributed by atoms with van der Waals surface area (Å²) in [5.74, 6) is 2.01. The molecule has 316 valence electrons. The van der Waals surface area contributed by atoms with Gasteiger partial charge in [-0.05, 0) is 99.2 Å². The van der Waals surface area contributed by atoms with Crippen LogP contribution in [0.15, 0.2) is 73.1 Å². The normalized spacial score (nSPS) is 19.3. The van der Waals surface area contributed by atoms with Crippen molar-refractivity contribution >= 4 is 41.0 Å². The van der Waals surface area contributed by atoms with Crippen molar-refractivity contribution in [3.63, 3.8) is 0 Å². The number of nitrogens with zero attached hydrogens (tertiary/aromatic N) is 7. The molecule has 0 bridgehead atoms. The lowest BCUT2D eigenvalue weighted by Gasteiger charge is -2.40. The molecule has 0 spiro atoms. The van der Waals surface area contributed by atoms with Crippen LogP contribution in [-0.4, -0.2) is 120 Å². The number of likely N-dealkylation sites (tertiary alicyclic amines) is 1. The Morgan fingerprint density at radius 3 is 2.38 bits per heavy atom. The van der Waals surface area contributed by atoms with Gasteiger partial charge in [-0.15, -0.1) is 0 Å². The van der Waals surface area contributed by atoms with Crippen molar-refractivity contribution in [3.8, 4) is 17.0 Å². The topological polar surface area (TPSA) is 157 Å². The van der Waals surface area contributed by atoms with E-state index in [2.05, 4.69) is 83.9 Å². The number of piperazine rings is 1. The number of aryl methyl sites for hydroxylation is 1. The van der Waals surface area contributed by atoms with E-state index in [0.29, 0.717) is 43.7 Å². The van der Waals surface area contributed by atoms with E-state index in [-0.39, 0.29) is 36.5 Å². The number of carbonyl (C=O) groups is 3. The number of rotatable bonds is 13. The van der Waals surface area contributed by atoms with Crippen LogP contribution in [0.25, 0.3) is 11.3 Å². The van der Waals surface area contributed by atoms with Crippen LogP contribution >= 0.6 is 0 Å². The number of hydrogen-bond acceptors (Lipinski definition) is 12. The van der Waals surface area contributed by atoms with E-state index in [0.717, 1.165) is 92.5 Å². The molecule has 6 heterocycles. The number of amides is 4. The Labute approximate surface area is 351 Å². The lowest BCUT2D eigenvalue weighted by Crippen LogP contribution is -2.58. The second-order valence-corrected chi connectivity index (χ2v) is 16.6. The molecule has 15 heteroatoms. The van der Waals surface area contributed by atoms with E-state index < -0.39 is 6.10 Å². The Bertz CT molecular complexity index is 2110. The van der Waals surface area contributed by atoms with Gasteiger partial charge in [-0.1, -0.05) is 12.1 Å². The van der Waals surface area contributed by atoms with Gasteiger partial charge in [0.15, 0.2) is 6.10 Å². The van der Waals surface area contributed by atoms with Crippen molar-refractivity contribution in [3.05, 3.63) is 84.2 Å². The van der Waals surface area contributed by atoms with Gasteiger partial charge in [0, 0.05) is 88.3 Å². The predicted molar refractivity (Wildman–Crippen MR) is 230 cm³/mol. The molecule has 4 aliphatic rings. The molecule has 2 aromatic heterocycles. The molecule has 4 aliphatic heterocycles. The van der Waals surface area contributed by atoms with Gasteiger partial charge in [-0.3, -0.25) is 19.8 Å². The molecule has 4 saturated heterocycles. The number of aromatic nitrogens is 3. The number of benzene rings is 2. The van der Waals surface area contributed by atoms with Gasteiger partial charge in [0.2, 0.25) is 11.9 Å². The molecule has 4 aromatic rings. The first kappa shape index (κ1) is 41.0. The van der Waals surface area contributed by atoms with E-state index >= 15 is 0 Å². The van der Waals surface area contributed by atoms with Crippen LogP contribution in [0, 0.1) is 12.8 Å². The number of urea groups is 1. The van der Waals surface area contributed by atoms with Crippen LogP contribution in [0.3, 0.4) is 0 Å². The van der Waals surface area contributed by atoms with Gasteiger partial charge in [-0.25, -0.2) is 19.7 Å². The maximum atomic E-state index is 12.6. The third-order valence-electron chi connectivity index (χ3n) is 11.8. The molecule has 4 fully saturated rings. The first-order valence-electron chi connectivity index (χ1n) is 21.3. The fraction of sp³-hybridized carbons (Fsp3) is 0.467. The van der Waals surface area contributed by atoms with Crippen LogP contribution in [-0.2, 0) is 20.9 Å². The van der Waals surface area contributed by atoms with Crippen LogP contribution < -0.4 is 30.5 Å². The smallest absolute Gasteiger partial charge is 0.317 e. The Hall–Kier alpha value is -5.80. The largest absolute Gasteiger partial charge is 0.479 e. The van der Waals surface area contributed by atoms with E-state index in [4.69, 9.17) is 14.5 Å². The average molecular weight is 817 g/mol. The standard InChI is InChI=1S/C45H56N10O5/c1-30(2)59-38-28-55(29-38)45(58)48-25-34-5-4-33(24-31(34)3)39-14-17-46-44(50-39)49-35-6-8-36(9-7-35)53-22-20-52(21-23-53)27-32-15-18-54(19-16-32)41-12-10-37(26-47-41)60-40-11-13-42(56)51-43(40)57/h4-10,12,14,17,24,26,30,32,38,40H,11,13,15-16,18-23,25,27-29H2,1-3H3,(H,48,58)(H,46,49,50)(H,51,56,57). The number of anilines is 4. The lowest BCUT2D eigenvalue weighted by molar-refractivity contribution is -0.138. The Balaban J connectivity index is 0.751. The summed E-state index contributed by atoms with van der Waals surface area (Å²) < 4.78 is 11.6. The third kappa shape index (κ3) is 10.3. The zero-order valence-electron chi connectivity index (χ0n) is 34.8. The number of pyridine rings is 1. The van der Waals surface area contributed by atoms with E-state index in [9.17, 15) is 14.4 Å². The predicted octanol–water partition coefficient (Wildman–Crippen LogP) is 5.13. The molecule has 15 nitrogen and oxygen atoms in total. The van der Waals surface area contributed by atoms with E-state index in [1.54, 1.807) is 17.3 Å².